The maximum absolute atomic E-state index is 10.9. The van der Waals surface area contributed by atoms with Gasteiger partial charge < -0.3 is 19.3 Å². The first kappa shape index (κ1) is 17.5. The molecule has 0 saturated heterocycles. The summed E-state index contributed by atoms with van der Waals surface area (Å²) in [7, 11) is 1.57. The van der Waals surface area contributed by atoms with Gasteiger partial charge >= 0.3 is 6.16 Å². The Bertz CT molecular complexity index is 931. The van der Waals surface area contributed by atoms with E-state index in [0.717, 1.165) is 0 Å². The second-order valence-electron chi connectivity index (χ2n) is 4.99. The summed E-state index contributed by atoms with van der Waals surface area (Å²) < 4.78 is 15.5. The smallest absolute Gasteiger partial charge is 0.497 e. The number of hydrogen-bond donors (Lipinski definition) is 1. The van der Waals surface area contributed by atoms with Gasteiger partial charge in [0.1, 0.15) is 11.5 Å². The fourth-order valence-corrected chi connectivity index (χ4v) is 2.28. The number of rotatable bonds is 5. The highest BCUT2D eigenvalue weighted by Crippen LogP contribution is 2.34. The Hall–Kier alpha value is -3.32. The van der Waals surface area contributed by atoms with Crippen LogP contribution in [0.3, 0.4) is 0 Å². The van der Waals surface area contributed by atoms with Crippen LogP contribution < -0.4 is 14.2 Å². The van der Waals surface area contributed by atoms with Gasteiger partial charge in [0.2, 0.25) is 5.75 Å². The molecule has 0 amide bonds. The quantitative estimate of drug-likeness (QED) is 0.651. The zero-order chi connectivity index (χ0) is 18.5. The van der Waals surface area contributed by atoms with E-state index >= 15 is 0 Å². The fraction of sp³-hybridized carbons (Fsp3) is 0.0556. The molecule has 2 aromatic carbocycles. The summed E-state index contributed by atoms with van der Waals surface area (Å²) in [6, 6.07) is 13.8. The molecule has 0 fully saturated rings. The van der Waals surface area contributed by atoms with E-state index in [2.05, 4.69) is 14.7 Å². The number of carboxylic acid groups (broad SMARTS) is 1. The first-order chi connectivity index (χ1) is 12.6. The second kappa shape index (κ2) is 7.71. The molecule has 0 aliphatic carbocycles. The van der Waals surface area contributed by atoms with Gasteiger partial charge in [-0.15, -0.1) is 0 Å². The molecule has 0 aliphatic rings. The van der Waals surface area contributed by atoms with Crippen LogP contribution in [0.2, 0.25) is 5.02 Å². The van der Waals surface area contributed by atoms with E-state index < -0.39 is 6.16 Å². The highest BCUT2D eigenvalue weighted by molar-refractivity contribution is 6.32. The van der Waals surface area contributed by atoms with Crippen molar-refractivity contribution in [3.05, 3.63) is 59.8 Å². The van der Waals surface area contributed by atoms with Gasteiger partial charge in [0.25, 0.3) is 5.88 Å². The van der Waals surface area contributed by atoms with Crippen molar-refractivity contribution in [2.45, 2.75) is 0 Å². The number of carbonyl (C=O) groups is 1. The Balaban J connectivity index is 2.00. The first-order valence-electron chi connectivity index (χ1n) is 7.41. The summed E-state index contributed by atoms with van der Waals surface area (Å²) in [6.07, 6.45) is -0.276. The predicted molar refractivity (Wildman–Crippen MR) is 94.2 cm³/mol. The largest absolute Gasteiger partial charge is 0.511 e. The molecular formula is C18H13ClN2O5. The maximum atomic E-state index is 10.9. The fourth-order valence-electron chi connectivity index (χ4n) is 2.10. The van der Waals surface area contributed by atoms with Gasteiger partial charge in [0.05, 0.1) is 18.3 Å². The van der Waals surface area contributed by atoms with Crippen molar-refractivity contribution in [2.75, 3.05) is 7.11 Å². The molecule has 0 bridgehead atoms. The van der Waals surface area contributed by atoms with Gasteiger partial charge in [-0.05, 0) is 36.4 Å². The zero-order valence-corrected chi connectivity index (χ0v) is 14.3. The van der Waals surface area contributed by atoms with Crippen LogP contribution in [0.15, 0.2) is 54.7 Å². The number of para-hydroxylation sites is 1. The summed E-state index contributed by atoms with van der Waals surface area (Å²) in [6.45, 7) is 0. The van der Waals surface area contributed by atoms with Crippen molar-refractivity contribution in [3.63, 3.8) is 0 Å². The Morgan fingerprint density at radius 3 is 2.46 bits per heavy atom. The van der Waals surface area contributed by atoms with Crippen molar-refractivity contribution < 1.29 is 24.1 Å². The van der Waals surface area contributed by atoms with E-state index in [1.54, 1.807) is 55.6 Å². The minimum absolute atomic E-state index is 0.0682. The van der Waals surface area contributed by atoms with Crippen LogP contribution in [0.25, 0.3) is 11.4 Å². The highest BCUT2D eigenvalue weighted by atomic mass is 35.5. The van der Waals surface area contributed by atoms with Crippen LogP contribution in [0, 0.1) is 0 Å². The van der Waals surface area contributed by atoms with Gasteiger partial charge in [-0.1, -0.05) is 23.7 Å². The van der Waals surface area contributed by atoms with Crippen molar-refractivity contribution >= 4 is 17.8 Å². The van der Waals surface area contributed by atoms with Gasteiger partial charge in [0, 0.05) is 5.56 Å². The van der Waals surface area contributed by atoms with Gasteiger partial charge in [0.15, 0.2) is 5.82 Å². The topological polar surface area (TPSA) is 90.8 Å². The van der Waals surface area contributed by atoms with Crippen molar-refractivity contribution in [1.29, 1.82) is 0 Å². The average molecular weight is 373 g/mol. The highest BCUT2D eigenvalue weighted by Gasteiger charge is 2.16. The minimum Gasteiger partial charge on any atom is -0.497 e. The van der Waals surface area contributed by atoms with E-state index in [1.807, 2.05) is 0 Å². The predicted octanol–water partition coefficient (Wildman–Crippen LogP) is 4.65. The van der Waals surface area contributed by atoms with E-state index in [4.69, 9.17) is 26.2 Å². The van der Waals surface area contributed by atoms with Crippen molar-refractivity contribution in [2.24, 2.45) is 0 Å². The molecule has 0 aliphatic heterocycles. The van der Waals surface area contributed by atoms with Crippen LogP contribution >= 0.6 is 11.6 Å². The van der Waals surface area contributed by atoms with Crippen LogP contribution in [-0.2, 0) is 0 Å². The number of ether oxygens (including phenoxy) is 3. The van der Waals surface area contributed by atoms with Crippen LogP contribution in [0.5, 0.6) is 23.1 Å². The molecule has 1 aromatic heterocycles. The third-order valence-electron chi connectivity index (χ3n) is 3.31. The summed E-state index contributed by atoms with van der Waals surface area (Å²) in [5.74, 6) is 1.11. The SMILES string of the molecule is COc1ccc(-c2ncc(OC(=O)O)c(Oc3ccccc3Cl)n2)cc1. The molecule has 0 spiro atoms. The molecule has 0 atom stereocenters. The molecule has 3 aromatic rings. The van der Waals surface area contributed by atoms with Crippen molar-refractivity contribution in [3.8, 4) is 34.5 Å². The monoisotopic (exact) mass is 372 g/mol. The Kier molecular flexibility index (Phi) is 5.19. The molecule has 0 unspecified atom stereocenters. The molecule has 132 valence electrons. The normalized spacial score (nSPS) is 10.2. The van der Waals surface area contributed by atoms with Crippen molar-refractivity contribution in [1.82, 2.24) is 9.97 Å². The van der Waals surface area contributed by atoms with Gasteiger partial charge in [-0.2, -0.15) is 4.98 Å². The van der Waals surface area contributed by atoms with E-state index in [-0.39, 0.29) is 11.6 Å². The molecular weight excluding hydrogens is 360 g/mol. The number of aromatic nitrogens is 2. The number of benzene rings is 2. The van der Waals surface area contributed by atoms with Crippen LogP contribution in [0.4, 0.5) is 4.79 Å². The third-order valence-corrected chi connectivity index (χ3v) is 3.62. The second-order valence-corrected chi connectivity index (χ2v) is 5.40. The van der Waals surface area contributed by atoms with Gasteiger partial charge in [-0.3, -0.25) is 0 Å². The molecule has 1 heterocycles. The number of halogens is 1. The van der Waals surface area contributed by atoms with E-state index in [1.165, 1.54) is 6.20 Å². The molecule has 26 heavy (non-hydrogen) atoms. The Morgan fingerprint density at radius 1 is 1.08 bits per heavy atom. The molecule has 0 radical (unpaired) electrons. The average Bonchev–Trinajstić information content (AvgIpc) is 2.64. The summed E-state index contributed by atoms with van der Waals surface area (Å²) in [4.78, 5) is 19.3. The molecule has 0 saturated carbocycles. The molecule has 3 rings (SSSR count). The summed E-state index contributed by atoms with van der Waals surface area (Å²) in [5.41, 5.74) is 0.691. The number of methoxy groups -OCH3 is 1. The lowest BCUT2D eigenvalue weighted by molar-refractivity contribution is 0.142. The zero-order valence-electron chi connectivity index (χ0n) is 13.5. The summed E-state index contributed by atoms with van der Waals surface area (Å²) >= 11 is 6.08. The third kappa shape index (κ3) is 4.01. The Morgan fingerprint density at radius 2 is 1.81 bits per heavy atom. The summed E-state index contributed by atoms with van der Waals surface area (Å²) in [5, 5.41) is 9.23. The van der Waals surface area contributed by atoms with Crippen LogP contribution in [-0.4, -0.2) is 28.3 Å². The number of nitrogens with zero attached hydrogens (tertiary/aromatic N) is 2. The molecule has 8 heteroatoms. The van der Waals surface area contributed by atoms with E-state index in [9.17, 15) is 4.79 Å². The first-order valence-corrected chi connectivity index (χ1v) is 7.79. The van der Waals surface area contributed by atoms with Crippen LogP contribution in [0.1, 0.15) is 0 Å². The Labute approximate surface area is 153 Å². The molecule has 7 nitrogen and oxygen atoms in total. The lowest BCUT2D eigenvalue weighted by Gasteiger charge is -2.11. The lowest BCUT2D eigenvalue weighted by atomic mass is 10.2. The van der Waals surface area contributed by atoms with Gasteiger partial charge in [-0.25, -0.2) is 9.78 Å². The standard InChI is InChI=1S/C18H13ClN2O5/c1-24-12-8-6-11(7-9-12)16-20-10-15(26-18(22)23)17(21-16)25-14-5-3-2-4-13(14)19/h2-10H,1H3,(H,22,23). The number of hydrogen-bond acceptors (Lipinski definition) is 6. The maximum Gasteiger partial charge on any atom is 0.511 e. The molecule has 1 N–H and O–H groups in total. The lowest BCUT2D eigenvalue weighted by Crippen LogP contribution is -2.06. The van der Waals surface area contributed by atoms with E-state index in [0.29, 0.717) is 27.9 Å². The minimum atomic E-state index is -1.50.